The highest BCUT2D eigenvalue weighted by atomic mass is 16.3. The van der Waals surface area contributed by atoms with Crippen molar-refractivity contribution >= 4 is 0 Å². The SMILES string of the molecule is C=C1[C@H](O)CC(=C/C=C2\CCC[C@]3(C)/C(=C(\C)CCCC(C)(C)O)CC[C@@H]23)C[C@H]1O. The van der Waals surface area contributed by atoms with Crippen molar-refractivity contribution < 1.29 is 15.3 Å². The quantitative estimate of drug-likeness (QED) is 0.501. The van der Waals surface area contributed by atoms with Crippen molar-refractivity contribution in [3.8, 4) is 0 Å². The number of allylic oxidation sites excluding steroid dienone is 5. The van der Waals surface area contributed by atoms with Crippen LogP contribution in [0.5, 0.6) is 0 Å². The smallest absolute Gasteiger partial charge is 0.0809 e. The van der Waals surface area contributed by atoms with Crippen molar-refractivity contribution in [2.45, 2.75) is 110 Å². The highest BCUT2D eigenvalue weighted by Crippen LogP contribution is 2.58. The minimum Gasteiger partial charge on any atom is -0.390 e. The molecule has 0 radical (unpaired) electrons. The summed E-state index contributed by atoms with van der Waals surface area (Å²) in [4.78, 5) is 0. The summed E-state index contributed by atoms with van der Waals surface area (Å²) >= 11 is 0. The normalized spacial score (nSPS) is 35.6. The summed E-state index contributed by atoms with van der Waals surface area (Å²) in [6.07, 6.45) is 13.5. The zero-order valence-corrected chi connectivity index (χ0v) is 19.5. The molecule has 0 spiro atoms. The average molecular weight is 415 g/mol. The fourth-order valence-electron chi connectivity index (χ4n) is 6.12. The van der Waals surface area contributed by atoms with Gasteiger partial charge in [0.1, 0.15) is 0 Å². The number of fused-ring (bicyclic) bond motifs is 1. The van der Waals surface area contributed by atoms with Gasteiger partial charge in [-0.1, -0.05) is 47.9 Å². The maximum Gasteiger partial charge on any atom is 0.0809 e. The zero-order chi connectivity index (χ0) is 22.1. The van der Waals surface area contributed by atoms with Crippen LogP contribution in [0.2, 0.25) is 0 Å². The predicted octanol–water partition coefficient (Wildman–Crippen LogP) is 5.77. The molecule has 3 nitrogen and oxygen atoms in total. The first-order valence-corrected chi connectivity index (χ1v) is 11.9. The van der Waals surface area contributed by atoms with Gasteiger partial charge in [0.2, 0.25) is 0 Å². The topological polar surface area (TPSA) is 60.7 Å². The predicted molar refractivity (Wildman–Crippen MR) is 124 cm³/mol. The van der Waals surface area contributed by atoms with Crippen LogP contribution < -0.4 is 0 Å². The highest BCUT2D eigenvalue weighted by molar-refractivity contribution is 5.35. The van der Waals surface area contributed by atoms with E-state index in [4.69, 9.17) is 0 Å². The van der Waals surface area contributed by atoms with E-state index in [0.717, 1.165) is 31.3 Å². The van der Waals surface area contributed by atoms with Crippen molar-refractivity contribution in [2.24, 2.45) is 11.3 Å². The molecule has 0 amide bonds. The molecule has 0 aromatic rings. The number of aliphatic hydroxyl groups is 3. The van der Waals surface area contributed by atoms with E-state index in [0.29, 0.717) is 24.3 Å². The van der Waals surface area contributed by atoms with Gasteiger partial charge in [0.15, 0.2) is 0 Å². The Labute approximate surface area is 183 Å². The van der Waals surface area contributed by atoms with Gasteiger partial charge < -0.3 is 15.3 Å². The molecule has 3 heteroatoms. The third kappa shape index (κ3) is 5.18. The van der Waals surface area contributed by atoms with Gasteiger partial charge in [-0.3, -0.25) is 0 Å². The molecule has 0 saturated heterocycles. The molecular weight excluding hydrogens is 372 g/mol. The number of rotatable bonds is 5. The molecule has 168 valence electrons. The van der Waals surface area contributed by atoms with E-state index in [1.54, 1.807) is 16.7 Å². The number of hydrogen-bond acceptors (Lipinski definition) is 3. The Morgan fingerprint density at radius 2 is 1.83 bits per heavy atom. The molecule has 0 heterocycles. The average Bonchev–Trinajstić information content (AvgIpc) is 3.00. The number of aliphatic hydroxyl groups excluding tert-OH is 2. The van der Waals surface area contributed by atoms with E-state index in [-0.39, 0.29) is 5.41 Å². The first kappa shape index (κ1) is 23.5. The Morgan fingerprint density at radius 1 is 1.17 bits per heavy atom. The van der Waals surface area contributed by atoms with Crippen LogP contribution in [0.4, 0.5) is 0 Å². The molecule has 0 aromatic heterocycles. The van der Waals surface area contributed by atoms with Crippen LogP contribution in [-0.2, 0) is 0 Å². The monoisotopic (exact) mass is 414 g/mol. The summed E-state index contributed by atoms with van der Waals surface area (Å²) in [7, 11) is 0. The lowest BCUT2D eigenvalue weighted by molar-refractivity contribution is 0.0689. The summed E-state index contributed by atoms with van der Waals surface area (Å²) in [5.41, 5.74) is 6.12. The molecule has 0 aliphatic heterocycles. The second kappa shape index (κ2) is 9.14. The molecule has 3 fully saturated rings. The Balaban J connectivity index is 1.74. The summed E-state index contributed by atoms with van der Waals surface area (Å²) in [6.45, 7) is 12.4. The molecule has 3 aliphatic rings. The van der Waals surface area contributed by atoms with Crippen LogP contribution in [0, 0.1) is 11.3 Å². The van der Waals surface area contributed by atoms with Gasteiger partial charge in [-0.2, -0.15) is 0 Å². The summed E-state index contributed by atoms with van der Waals surface area (Å²) in [6, 6.07) is 0. The highest BCUT2D eigenvalue weighted by Gasteiger charge is 2.46. The molecule has 3 saturated carbocycles. The number of hydrogen-bond donors (Lipinski definition) is 3. The molecule has 3 rings (SSSR count). The van der Waals surface area contributed by atoms with Crippen molar-refractivity contribution in [1.29, 1.82) is 0 Å². The molecule has 4 atom stereocenters. The van der Waals surface area contributed by atoms with Crippen molar-refractivity contribution in [2.75, 3.05) is 0 Å². The van der Waals surface area contributed by atoms with E-state index in [2.05, 4.69) is 32.6 Å². The summed E-state index contributed by atoms with van der Waals surface area (Å²) in [5.74, 6) is 0.607. The second-order valence-electron chi connectivity index (χ2n) is 10.9. The Bertz CT molecular complexity index is 733. The fourth-order valence-corrected chi connectivity index (χ4v) is 6.12. The Hall–Kier alpha value is -1.16. The zero-order valence-electron chi connectivity index (χ0n) is 19.5. The van der Waals surface area contributed by atoms with Gasteiger partial charge in [-0.25, -0.2) is 0 Å². The van der Waals surface area contributed by atoms with E-state index in [1.165, 1.54) is 25.7 Å². The van der Waals surface area contributed by atoms with Crippen LogP contribution in [0.25, 0.3) is 0 Å². The van der Waals surface area contributed by atoms with Gasteiger partial charge in [-0.15, -0.1) is 0 Å². The van der Waals surface area contributed by atoms with Gasteiger partial charge in [0.25, 0.3) is 0 Å². The molecule has 3 aliphatic carbocycles. The first-order chi connectivity index (χ1) is 14.0. The van der Waals surface area contributed by atoms with E-state index in [9.17, 15) is 15.3 Å². The minimum atomic E-state index is -0.623. The lowest BCUT2D eigenvalue weighted by atomic mass is 9.64. The van der Waals surface area contributed by atoms with Gasteiger partial charge in [0, 0.05) is 0 Å². The molecule has 0 bridgehead atoms. The van der Waals surface area contributed by atoms with Crippen molar-refractivity contribution in [1.82, 2.24) is 0 Å². The minimum absolute atomic E-state index is 0.265. The lowest BCUT2D eigenvalue weighted by Gasteiger charge is -2.40. The van der Waals surface area contributed by atoms with Crippen LogP contribution in [0.1, 0.15) is 91.9 Å². The molecule has 3 N–H and O–H groups in total. The lowest BCUT2D eigenvalue weighted by Crippen LogP contribution is -2.29. The molecular formula is C27H42O3. The molecule has 0 unspecified atom stereocenters. The largest absolute Gasteiger partial charge is 0.390 e. The third-order valence-corrected chi connectivity index (χ3v) is 7.91. The van der Waals surface area contributed by atoms with Crippen LogP contribution in [0.3, 0.4) is 0 Å². The first-order valence-electron chi connectivity index (χ1n) is 11.9. The van der Waals surface area contributed by atoms with Gasteiger partial charge in [-0.05, 0) is 102 Å². The Morgan fingerprint density at radius 3 is 2.47 bits per heavy atom. The molecule has 30 heavy (non-hydrogen) atoms. The standard InChI is InChI=1S/C27H42O3/c1-18(8-6-14-26(3,4)30)22-12-13-23-21(9-7-15-27(22,23)5)11-10-20-16-24(28)19(2)25(29)17-20/h10-11,23-25,28-30H,2,6-9,12-17H2,1,3-5H3/b21-11+,22-18+/t23-,24+,25+,27+/m0/s1. The third-order valence-electron chi connectivity index (χ3n) is 7.91. The summed E-state index contributed by atoms with van der Waals surface area (Å²) < 4.78 is 0. The van der Waals surface area contributed by atoms with Crippen LogP contribution in [0.15, 0.2) is 46.6 Å². The van der Waals surface area contributed by atoms with Gasteiger partial charge in [0.05, 0.1) is 17.8 Å². The van der Waals surface area contributed by atoms with E-state index >= 15 is 0 Å². The second-order valence-corrected chi connectivity index (χ2v) is 10.9. The van der Waals surface area contributed by atoms with Crippen LogP contribution >= 0.6 is 0 Å². The maximum atomic E-state index is 10.1. The van der Waals surface area contributed by atoms with E-state index in [1.807, 2.05) is 13.8 Å². The van der Waals surface area contributed by atoms with Crippen LogP contribution in [-0.4, -0.2) is 33.1 Å². The van der Waals surface area contributed by atoms with Crippen molar-refractivity contribution in [3.05, 3.63) is 46.6 Å². The maximum absolute atomic E-state index is 10.1. The van der Waals surface area contributed by atoms with Gasteiger partial charge >= 0.3 is 0 Å². The molecule has 0 aromatic carbocycles. The van der Waals surface area contributed by atoms with E-state index < -0.39 is 17.8 Å². The van der Waals surface area contributed by atoms with Crippen molar-refractivity contribution in [3.63, 3.8) is 0 Å². The Kier molecular flexibility index (Phi) is 7.16. The fraction of sp³-hybridized carbons (Fsp3) is 0.704. The summed E-state index contributed by atoms with van der Waals surface area (Å²) in [5, 5.41) is 30.3.